The van der Waals surface area contributed by atoms with Crippen molar-refractivity contribution in [3.05, 3.63) is 158 Å². The summed E-state index contributed by atoms with van der Waals surface area (Å²) in [5.74, 6) is 0.687. The number of hydrogen-bond acceptors (Lipinski definition) is 4. The third kappa shape index (κ3) is 4.22. The van der Waals surface area contributed by atoms with Gasteiger partial charge in [0.05, 0.1) is 16.6 Å². The molecule has 11 aromatic rings. The van der Waals surface area contributed by atoms with Gasteiger partial charge in [0.1, 0.15) is 11.2 Å². The molecule has 3 heterocycles. The van der Waals surface area contributed by atoms with Gasteiger partial charge in [-0.05, 0) is 87.3 Å². The van der Waals surface area contributed by atoms with Crippen molar-refractivity contribution < 1.29 is 4.42 Å². The number of hydrogen-bond donors (Lipinski definition) is 0. The first-order valence-electron chi connectivity index (χ1n) is 16.8. The molecule has 3 aromatic heterocycles. The van der Waals surface area contributed by atoms with E-state index >= 15 is 0 Å². The summed E-state index contributed by atoms with van der Waals surface area (Å²) in [6, 6.07) is 56.1. The summed E-state index contributed by atoms with van der Waals surface area (Å²) in [7, 11) is 0. The largest absolute Gasteiger partial charge is 0.456 e. The molecular weight excluding hydrogens is 629 g/mol. The lowest BCUT2D eigenvalue weighted by atomic mass is 9.98. The van der Waals surface area contributed by atoms with Crippen LogP contribution >= 0.6 is 11.3 Å². The summed E-state index contributed by atoms with van der Waals surface area (Å²) in [4.78, 5) is 10.7. The normalized spacial score (nSPS) is 12.0. The van der Waals surface area contributed by atoms with E-state index in [0.717, 1.165) is 60.6 Å². The Balaban J connectivity index is 1.17. The van der Waals surface area contributed by atoms with Crippen LogP contribution in [0.5, 0.6) is 0 Å². The van der Waals surface area contributed by atoms with E-state index in [1.54, 1.807) is 0 Å². The van der Waals surface area contributed by atoms with E-state index in [0.29, 0.717) is 5.82 Å². The van der Waals surface area contributed by atoms with Gasteiger partial charge in [0.25, 0.3) is 0 Å². The summed E-state index contributed by atoms with van der Waals surface area (Å²) < 4.78 is 9.10. The summed E-state index contributed by atoms with van der Waals surface area (Å²) in [5, 5.41) is 10.4. The first kappa shape index (κ1) is 27.6. The van der Waals surface area contributed by atoms with Gasteiger partial charge in [-0.2, -0.15) is 0 Å². The van der Waals surface area contributed by atoms with Crippen molar-refractivity contribution in [2.24, 2.45) is 0 Å². The van der Waals surface area contributed by atoms with Crippen LogP contribution in [0.4, 0.5) is 0 Å². The van der Waals surface area contributed by atoms with Crippen molar-refractivity contribution in [2.45, 2.75) is 0 Å². The summed E-state index contributed by atoms with van der Waals surface area (Å²) >= 11 is 1.84. The predicted molar refractivity (Wildman–Crippen MR) is 211 cm³/mol. The minimum atomic E-state index is 0.687. The second-order valence-electron chi connectivity index (χ2n) is 13.0. The lowest BCUT2D eigenvalue weighted by molar-refractivity contribution is 0.669. The van der Waals surface area contributed by atoms with E-state index in [2.05, 4.69) is 158 Å². The van der Waals surface area contributed by atoms with E-state index in [9.17, 15) is 0 Å². The standard InChI is InChI=1S/C46H26N2OS/c1-2-9-28-22-33(17-16-27(28)8-1)44-36-19-20-39-43(38-25-30-10-3-4-11-31(30)26-40(38)49-39)45(36)48-46(47-44)34-13-7-12-29(23-34)32-18-21-42-37(24-32)35-14-5-6-15-41(35)50-42/h1-26H. The molecule has 0 aliphatic rings. The van der Waals surface area contributed by atoms with Crippen LogP contribution in [0, 0.1) is 0 Å². The molecule has 11 rings (SSSR count). The zero-order valence-corrected chi connectivity index (χ0v) is 27.5. The number of fused-ring (bicyclic) bond motifs is 10. The van der Waals surface area contributed by atoms with E-state index in [1.165, 1.54) is 41.9 Å². The van der Waals surface area contributed by atoms with Gasteiger partial charge in [-0.3, -0.25) is 0 Å². The molecule has 0 saturated heterocycles. The van der Waals surface area contributed by atoms with Gasteiger partial charge in [-0.1, -0.05) is 103 Å². The number of nitrogens with zero attached hydrogens (tertiary/aromatic N) is 2. The molecule has 0 atom stereocenters. The molecule has 0 N–H and O–H groups in total. The maximum Gasteiger partial charge on any atom is 0.160 e. The predicted octanol–water partition coefficient (Wildman–Crippen LogP) is 13.2. The summed E-state index contributed by atoms with van der Waals surface area (Å²) in [6.45, 7) is 0. The number of thiophene rings is 1. The highest BCUT2D eigenvalue weighted by Crippen LogP contribution is 2.41. The SMILES string of the molecule is c1cc(-c2ccc3sc4ccccc4c3c2)cc(-c2nc(-c3ccc4ccccc4c3)c3ccc4oc5cc6ccccc6cc5c4c3n2)c1. The van der Waals surface area contributed by atoms with Gasteiger partial charge in [-0.25, -0.2) is 9.97 Å². The van der Waals surface area contributed by atoms with Crippen LogP contribution in [0.25, 0.3) is 108 Å². The second kappa shape index (κ2) is 10.6. The van der Waals surface area contributed by atoms with Crippen LogP contribution in [0.2, 0.25) is 0 Å². The first-order chi connectivity index (χ1) is 24.7. The Kier molecular flexibility index (Phi) is 5.83. The van der Waals surface area contributed by atoms with Crippen molar-refractivity contribution in [3.8, 4) is 33.8 Å². The first-order valence-corrected chi connectivity index (χ1v) is 17.6. The van der Waals surface area contributed by atoms with Crippen molar-refractivity contribution in [3.63, 3.8) is 0 Å². The Hall–Kier alpha value is -6.36. The lowest BCUT2D eigenvalue weighted by Gasteiger charge is -2.12. The van der Waals surface area contributed by atoms with Gasteiger partial charge in [0, 0.05) is 42.1 Å². The van der Waals surface area contributed by atoms with Crippen LogP contribution in [-0.4, -0.2) is 9.97 Å². The number of benzene rings is 8. The fourth-order valence-electron chi connectivity index (χ4n) is 7.57. The fourth-order valence-corrected chi connectivity index (χ4v) is 8.66. The molecule has 0 aliphatic carbocycles. The van der Waals surface area contributed by atoms with Crippen LogP contribution in [0.1, 0.15) is 0 Å². The molecule has 3 nitrogen and oxygen atoms in total. The molecule has 232 valence electrons. The summed E-state index contributed by atoms with van der Waals surface area (Å²) in [5.41, 5.74) is 7.81. The van der Waals surface area contributed by atoms with Gasteiger partial charge in [0.2, 0.25) is 0 Å². The van der Waals surface area contributed by atoms with Gasteiger partial charge >= 0.3 is 0 Å². The molecule has 0 fully saturated rings. The van der Waals surface area contributed by atoms with Crippen LogP contribution < -0.4 is 0 Å². The smallest absolute Gasteiger partial charge is 0.160 e. The molecule has 4 heteroatoms. The fraction of sp³-hybridized carbons (Fsp3) is 0. The molecule has 0 amide bonds. The molecule has 8 aromatic carbocycles. The zero-order chi connectivity index (χ0) is 32.8. The molecule has 0 spiro atoms. The number of furan rings is 1. The highest BCUT2D eigenvalue weighted by Gasteiger charge is 2.19. The molecule has 0 radical (unpaired) electrons. The van der Waals surface area contributed by atoms with Gasteiger partial charge in [0.15, 0.2) is 5.82 Å². The Bertz CT molecular complexity index is 3170. The quantitative estimate of drug-likeness (QED) is 0.190. The van der Waals surface area contributed by atoms with Crippen molar-refractivity contribution >= 4 is 85.9 Å². The van der Waals surface area contributed by atoms with E-state index < -0.39 is 0 Å². The molecule has 0 aliphatic heterocycles. The zero-order valence-electron chi connectivity index (χ0n) is 26.7. The molecule has 0 saturated carbocycles. The van der Waals surface area contributed by atoms with Gasteiger partial charge < -0.3 is 4.42 Å². The Labute approximate surface area is 290 Å². The Morgan fingerprint density at radius 3 is 2.02 bits per heavy atom. The highest BCUT2D eigenvalue weighted by molar-refractivity contribution is 7.25. The maximum atomic E-state index is 6.49. The van der Waals surface area contributed by atoms with Crippen molar-refractivity contribution in [1.82, 2.24) is 9.97 Å². The Morgan fingerprint density at radius 2 is 1.12 bits per heavy atom. The van der Waals surface area contributed by atoms with E-state index in [-0.39, 0.29) is 0 Å². The Morgan fingerprint density at radius 1 is 0.400 bits per heavy atom. The van der Waals surface area contributed by atoms with E-state index in [4.69, 9.17) is 14.4 Å². The maximum absolute atomic E-state index is 6.49. The monoisotopic (exact) mass is 654 g/mol. The van der Waals surface area contributed by atoms with Crippen molar-refractivity contribution in [1.29, 1.82) is 0 Å². The number of rotatable bonds is 3. The highest BCUT2D eigenvalue weighted by atomic mass is 32.1. The average molecular weight is 655 g/mol. The third-order valence-electron chi connectivity index (χ3n) is 10.0. The molecule has 50 heavy (non-hydrogen) atoms. The topological polar surface area (TPSA) is 38.9 Å². The van der Waals surface area contributed by atoms with E-state index in [1.807, 2.05) is 11.3 Å². The summed E-state index contributed by atoms with van der Waals surface area (Å²) in [6.07, 6.45) is 0. The van der Waals surface area contributed by atoms with Crippen LogP contribution in [-0.2, 0) is 0 Å². The molecule has 0 unspecified atom stereocenters. The van der Waals surface area contributed by atoms with Gasteiger partial charge in [-0.15, -0.1) is 11.3 Å². The lowest BCUT2D eigenvalue weighted by Crippen LogP contribution is -1.96. The number of aromatic nitrogens is 2. The minimum absolute atomic E-state index is 0.687. The minimum Gasteiger partial charge on any atom is -0.456 e. The second-order valence-corrected chi connectivity index (χ2v) is 14.1. The van der Waals surface area contributed by atoms with Crippen molar-refractivity contribution in [2.75, 3.05) is 0 Å². The molecule has 0 bridgehead atoms. The average Bonchev–Trinajstić information content (AvgIpc) is 3.74. The molecular formula is C46H26N2OS. The van der Waals surface area contributed by atoms with Crippen LogP contribution in [0.3, 0.4) is 0 Å². The van der Waals surface area contributed by atoms with Crippen LogP contribution in [0.15, 0.2) is 162 Å². The third-order valence-corrected chi connectivity index (χ3v) is 11.2.